The fourth-order valence-corrected chi connectivity index (χ4v) is 1.39. The highest BCUT2D eigenvalue weighted by Crippen LogP contribution is 2.18. The van der Waals surface area contributed by atoms with Gasteiger partial charge in [-0.15, -0.1) is 0 Å². The number of nitrogen functional groups attached to an aromatic ring is 2. The van der Waals surface area contributed by atoms with Crippen LogP contribution >= 0.6 is 11.6 Å². The third-order valence-electron chi connectivity index (χ3n) is 1.95. The number of aromatic nitrogens is 3. The summed E-state index contributed by atoms with van der Waals surface area (Å²) in [7, 11) is 0. The molecule has 4 N–H and O–H groups in total. The highest BCUT2D eigenvalue weighted by molar-refractivity contribution is 6.31. The Labute approximate surface area is 107 Å². The molecule has 0 radical (unpaired) electrons. The van der Waals surface area contributed by atoms with Gasteiger partial charge in [-0.25, -0.2) is 9.37 Å². The maximum atomic E-state index is 12.6. The Morgan fingerprint density at radius 1 is 1.17 bits per heavy atom. The Morgan fingerprint density at radius 3 is 2.56 bits per heavy atom. The van der Waals surface area contributed by atoms with E-state index in [0.29, 0.717) is 5.69 Å². The Hall–Kier alpha value is -2.39. The third kappa shape index (κ3) is 2.64. The number of nitrogens with two attached hydrogens (primary N) is 2. The minimum Gasteiger partial charge on any atom is -0.382 e. The third-order valence-corrected chi connectivity index (χ3v) is 2.23. The van der Waals surface area contributed by atoms with Crippen molar-refractivity contribution < 1.29 is 4.39 Å². The monoisotopic (exact) mass is 263 g/mol. The molecule has 2 rings (SSSR count). The zero-order valence-electron chi connectivity index (χ0n) is 8.98. The maximum Gasteiger partial charge on any atom is 0.223 e. The number of anilines is 2. The molecule has 0 aliphatic rings. The standard InChI is InChI=1S/C11H7ClFN5/c12-9-8(10(14)18-11(15)17-9)4-3-7-2-1-6(13)5-16-7/h1-2,5H,(H4,14,15,17,18). The van der Waals surface area contributed by atoms with E-state index in [-0.39, 0.29) is 22.5 Å². The summed E-state index contributed by atoms with van der Waals surface area (Å²) in [5.41, 5.74) is 11.6. The molecular formula is C11H7ClFN5. The van der Waals surface area contributed by atoms with E-state index in [1.54, 1.807) is 0 Å². The summed E-state index contributed by atoms with van der Waals surface area (Å²) in [6, 6.07) is 2.69. The molecule has 0 bridgehead atoms. The first-order chi connectivity index (χ1) is 8.56. The van der Waals surface area contributed by atoms with Crippen molar-refractivity contribution in [1.29, 1.82) is 0 Å². The van der Waals surface area contributed by atoms with Gasteiger partial charge in [-0.3, -0.25) is 0 Å². The smallest absolute Gasteiger partial charge is 0.223 e. The molecule has 2 aromatic heterocycles. The summed E-state index contributed by atoms with van der Waals surface area (Å²) in [5.74, 6) is 4.97. The minimum atomic E-state index is -0.436. The highest BCUT2D eigenvalue weighted by Gasteiger charge is 2.06. The van der Waals surface area contributed by atoms with E-state index < -0.39 is 5.82 Å². The van der Waals surface area contributed by atoms with Gasteiger partial charge in [0, 0.05) is 0 Å². The van der Waals surface area contributed by atoms with E-state index in [4.69, 9.17) is 23.1 Å². The highest BCUT2D eigenvalue weighted by atomic mass is 35.5. The number of halogens is 2. The zero-order valence-corrected chi connectivity index (χ0v) is 9.74. The van der Waals surface area contributed by atoms with Gasteiger partial charge in [0.1, 0.15) is 22.9 Å². The van der Waals surface area contributed by atoms with E-state index in [9.17, 15) is 4.39 Å². The number of hydrogen-bond donors (Lipinski definition) is 2. The quantitative estimate of drug-likeness (QED) is 0.551. The van der Waals surface area contributed by atoms with Crippen LogP contribution in [0.4, 0.5) is 16.2 Å². The molecule has 0 spiro atoms. The first-order valence-corrected chi connectivity index (χ1v) is 5.16. The lowest BCUT2D eigenvalue weighted by Gasteiger charge is -2.00. The SMILES string of the molecule is Nc1nc(N)c(C#Cc2ccc(F)cn2)c(Cl)n1. The molecule has 2 aromatic rings. The molecule has 5 nitrogen and oxygen atoms in total. The van der Waals surface area contributed by atoms with Crippen LogP contribution in [-0.2, 0) is 0 Å². The zero-order chi connectivity index (χ0) is 13.1. The van der Waals surface area contributed by atoms with E-state index in [1.165, 1.54) is 12.1 Å². The van der Waals surface area contributed by atoms with Crippen molar-refractivity contribution in [2.45, 2.75) is 0 Å². The lowest BCUT2D eigenvalue weighted by molar-refractivity contribution is 0.621. The van der Waals surface area contributed by atoms with Crippen molar-refractivity contribution in [1.82, 2.24) is 15.0 Å². The van der Waals surface area contributed by atoms with E-state index >= 15 is 0 Å². The average Bonchev–Trinajstić information content (AvgIpc) is 2.30. The fourth-order valence-electron chi connectivity index (χ4n) is 1.16. The van der Waals surface area contributed by atoms with Crippen molar-refractivity contribution in [3.8, 4) is 11.8 Å². The van der Waals surface area contributed by atoms with Crippen molar-refractivity contribution in [3.05, 3.63) is 40.6 Å². The normalized spacial score (nSPS) is 9.67. The van der Waals surface area contributed by atoms with Crippen LogP contribution in [0.15, 0.2) is 18.3 Å². The molecule has 0 unspecified atom stereocenters. The Kier molecular flexibility index (Phi) is 3.26. The number of rotatable bonds is 0. The molecule has 0 atom stereocenters. The van der Waals surface area contributed by atoms with Crippen LogP contribution in [0.3, 0.4) is 0 Å². The van der Waals surface area contributed by atoms with Crippen molar-refractivity contribution in [2.24, 2.45) is 0 Å². The van der Waals surface area contributed by atoms with Crippen molar-refractivity contribution >= 4 is 23.4 Å². The summed E-state index contributed by atoms with van der Waals surface area (Å²) in [6.45, 7) is 0. The van der Waals surface area contributed by atoms with Crippen LogP contribution in [0.5, 0.6) is 0 Å². The van der Waals surface area contributed by atoms with Gasteiger partial charge in [0.25, 0.3) is 0 Å². The first kappa shape index (κ1) is 12.1. The molecule has 0 saturated carbocycles. The molecule has 7 heteroatoms. The van der Waals surface area contributed by atoms with Crippen molar-refractivity contribution in [3.63, 3.8) is 0 Å². The van der Waals surface area contributed by atoms with Gasteiger partial charge < -0.3 is 11.5 Å². The topological polar surface area (TPSA) is 90.7 Å². The van der Waals surface area contributed by atoms with Crippen molar-refractivity contribution in [2.75, 3.05) is 11.5 Å². The van der Waals surface area contributed by atoms with Crippen LogP contribution in [0.2, 0.25) is 5.15 Å². The molecule has 0 aromatic carbocycles. The van der Waals surface area contributed by atoms with Gasteiger partial charge in [0.15, 0.2) is 5.15 Å². The summed E-state index contributed by atoms with van der Waals surface area (Å²) < 4.78 is 12.6. The summed E-state index contributed by atoms with van der Waals surface area (Å²) in [6.07, 6.45) is 1.06. The summed E-state index contributed by atoms with van der Waals surface area (Å²) in [5, 5.41) is 0.0645. The molecule has 0 aliphatic carbocycles. The van der Waals surface area contributed by atoms with Crippen LogP contribution in [-0.4, -0.2) is 15.0 Å². The molecule has 0 saturated heterocycles. The van der Waals surface area contributed by atoms with Crippen LogP contribution < -0.4 is 11.5 Å². The maximum absolute atomic E-state index is 12.6. The van der Waals surface area contributed by atoms with E-state index in [0.717, 1.165) is 6.20 Å². The largest absolute Gasteiger partial charge is 0.382 e. The molecular weight excluding hydrogens is 257 g/mol. The lowest BCUT2D eigenvalue weighted by Crippen LogP contribution is -2.03. The van der Waals surface area contributed by atoms with Crippen LogP contribution in [0, 0.1) is 17.7 Å². The molecule has 0 amide bonds. The van der Waals surface area contributed by atoms with E-state index in [1.807, 2.05) is 0 Å². The van der Waals surface area contributed by atoms with Gasteiger partial charge in [0.2, 0.25) is 5.95 Å². The van der Waals surface area contributed by atoms with Gasteiger partial charge in [-0.1, -0.05) is 17.5 Å². The summed E-state index contributed by atoms with van der Waals surface area (Å²) in [4.78, 5) is 11.2. The second-order valence-electron chi connectivity index (χ2n) is 3.24. The van der Waals surface area contributed by atoms with Gasteiger partial charge in [-0.2, -0.15) is 9.97 Å². The molecule has 2 heterocycles. The van der Waals surface area contributed by atoms with E-state index in [2.05, 4.69) is 26.8 Å². The Balaban J connectivity index is 2.38. The number of hydrogen-bond acceptors (Lipinski definition) is 5. The van der Waals surface area contributed by atoms with Gasteiger partial charge in [-0.05, 0) is 18.1 Å². The number of nitrogens with zero attached hydrogens (tertiary/aromatic N) is 3. The number of pyridine rings is 1. The second kappa shape index (κ2) is 4.85. The Bertz CT molecular complexity index is 622. The molecule has 90 valence electrons. The second-order valence-corrected chi connectivity index (χ2v) is 3.60. The van der Waals surface area contributed by atoms with Crippen LogP contribution in [0.25, 0.3) is 0 Å². The Morgan fingerprint density at radius 2 is 1.94 bits per heavy atom. The van der Waals surface area contributed by atoms with Gasteiger partial charge in [0.05, 0.1) is 6.20 Å². The molecule has 18 heavy (non-hydrogen) atoms. The van der Waals surface area contributed by atoms with Gasteiger partial charge >= 0.3 is 0 Å². The predicted molar refractivity (Wildman–Crippen MR) is 66.0 cm³/mol. The van der Waals surface area contributed by atoms with Crippen LogP contribution in [0.1, 0.15) is 11.3 Å². The average molecular weight is 264 g/mol. The summed E-state index contributed by atoms with van der Waals surface area (Å²) >= 11 is 5.83. The molecule has 0 aliphatic heterocycles. The molecule has 0 fully saturated rings. The lowest BCUT2D eigenvalue weighted by atomic mass is 10.3. The first-order valence-electron chi connectivity index (χ1n) is 4.78. The predicted octanol–water partition coefficient (Wildman–Crippen LogP) is 1.23. The fraction of sp³-hybridized carbons (Fsp3) is 0. The minimum absolute atomic E-state index is 0.0250.